The molecule has 0 bridgehead atoms. The first-order chi connectivity index (χ1) is 8.77. The molecule has 0 amide bonds. The van der Waals surface area contributed by atoms with E-state index in [0.29, 0.717) is 24.5 Å². The molecule has 1 aromatic rings. The maximum Gasteiger partial charge on any atom is 0.240 e. The summed E-state index contributed by atoms with van der Waals surface area (Å²) >= 11 is 0. The number of nitrogens with two attached hydrogens (primary N) is 1. The van der Waals surface area contributed by atoms with E-state index in [1.807, 2.05) is 0 Å². The lowest BCUT2D eigenvalue weighted by Gasteiger charge is -2.23. The van der Waals surface area contributed by atoms with E-state index in [2.05, 4.69) is 4.72 Å². The van der Waals surface area contributed by atoms with Crippen molar-refractivity contribution in [1.82, 2.24) is 4.72 Å². The average molecular weight is 287 g/mol. The zero-order valence-corrected chi connectivity index (χ0v) is 12.2. The SMILES string of the molecule is CCNS(=O)(=O)c1ccc(N)c(N(C)CC(C)O)c1. The highest BCUT2D eigenvalue weighted by molar-refractivity contribution is 7.89. The third kappa shape index (κ3) is 4.09. The number of nitrogens with zero attached hydrogens (tertiary/aromatic N) is 1. The van der Waals surface area contributed by atoms with Crippen LogP contribution in [-0.2, 0) is 10.0 Å². The minimum absolute atomic E-state index is 0.163. The zero-order chi connectivity index (χ0) is 14.6. The number of aliphatic hydroxyl groups excluding tert-OH is 1. The van der Waals surface area contributed by atoms with Crippen molar-refractivity contribution in [3.63, 3.8) is 0 Å². The van der Waals surface area contributed by atoms with Gasteiger partial charge in [0.15, 0.2) is 0 Å². The Balaban J connectivity index is 3.14. The molecule has 7 heteroatoms. The van der Waals surface area contributed by atoms with Crippen LogP contribution in [0.2, 0.25) is 0 Å². The van der Waals surface area contributed by atoms with Gasteiger partial charge in [-0.15, -0.1) is 0 Å². The molecule has 1 atom stereocenters. The van der Waals surface area contributed by atoms with Crippen LogP contribution in [0, 0.1) is 0 Å². The van der Waals surface area contributed by atoms with Crippen molar-refractivity contribution in [2.45, 2.75) is 24.8 Å². The van der Waals surface area contributed by atoms with E-state index in [0.717, 1.165) is 0 Å². The van der Waals surface area contributed by atoms with E-state index in [9.17, 15) is 13.5 Å². The van der Waals surface area contributed by atoms with Gasteiger partial charge in [0.25, 0.3) is 0 Å². The summed E-state index contributed by atoms with van der Waals surface area (Å²) in [4.78, 5) is 1.89. The number of rotatable bonds is 6. The van der Waals surface area contributed by atoms with Gasteiger partial charge in [0.2, 0.25) is 10.0 Å². The predicted octanol–water partition coefficient (Wildman–Crippen LogP) is 0.384. The summed E-state index contributed by atoms with van der Waals surface area (Å²) in [5.41, 5.74) is 6.90. The second kappa shape index (κ2) is 6.23. The normalized spacial score (nSPS) is 13.3. The minimum Gasteiger partial charge on any atom is -0.397 e. The van der Waals surface area contributed by atoms with E-state index in [1.54, 1.807) is 31.9 Å². The summed E-state index contributed by atoms with van der Waals surface area (Å²) in [6.45, 7) is 4.07. The molecule has 1 aromatic carbocycles. The summed E-state index contributed by atoms with van der Waals surface area (Å²) in [5, 5.41) is 9.38. The van der Waals surface area contributed by atoms with E-state index < -0.39 is 16.1 Å². The van der Waals surface area contributed by atoms with Crippen molar-refractivity contribution in [2.24, 2.45) is 0 Å². The van der Waals surface area contributed by atoms with Crippen LogP contribution in [0.25, 0.3) is 0 Å². The highest BCUT2D eigenvalue weighted by Gasteiger charge is 2.16. The van der Waals surface area contributed by atoms with Crippen LogP contribution in [0.3, 0.4) is 0 Å². The van der Waals surface area contributed by atoms with Gasteiger partial charge in [0.1, 0.15) is 0 Å². The van der Waals surface area contributed by atoms with Gasteiger partial charge >= 0.3 is 0 Å². The Morgan fingerprint density at radius 3 is 2.63 bits per heavy atom. The second-order valence-corrected chi connectivity index (χ2v) is 6.22. The fourth-order valence-corrected chi connectivity index (χ4v) is 2.85. The van der Waals surface area contributed by atoms with E-state index >= 15 is 0 Å². The summed E-state index contributed by atoms with van der Waals surface area (Å²) in [5.74, 6) is 0. The fourth-order valence-electron chi connectivity index (χ4n) is 1.79. The number of hydrogen-bond donors (Lipinski definition) is 3. The second-order valence-electron chi connectivity index (χ2n) is 4.45. The lowest BCUT2D eigenvalue weighted by Crippen LogP contribution is -2.28. The number of aliphatic hydroxyl groups is 1. The average Bonchev–Trinajstić information content (AvgIpc) is 2.27. The monoisotopic (exact) mass is 287 g/mol. The minimum atomic E-state index is -3.51. The van der Waals surface area contributed by atoms with Crippen molar-refractivity contribution < 1.29 is 13.5 Å². The van der Waals surface area contributed by atoms with Gasteiger partial charge in [0.05, 0.1) is 22.4 Å². The molecule has 0 aliphatic heterocycles. The molecular weight excluding hydrogens is 266 g/mol. The molecule has 0 saturated heterocycles. The van der Waals surface area contributed by atoms with Crippen LogP contribution >= 0.6 is 0 Å². The van der Waals surface area contributed by atoms with Crippen molar-refractivity contribution in [1.29, 1.82) is 0 Å². The van der Waals surface area contributed by atoms with Gasteiger partial charge in [-0.2, -0.15) is 0 Å². The summed E-state index contributed by atoms with van der Waals surface area (Å²) in [7, 11) is -1.75. The van der Waals surface area contributed by atoms with Crippen LogP contribution < -0.4 is 15.4 Å². The third-order valence-electron chi connectivity index (χ3n) is 2.60. The molecule has 0 aromatic heterocycles. The zero-order valence-electron chi connectivity index (χ0n) is 11.4. The molecule has 0 aliphatic carbocycles. The van der Waals surface area contributed by atoms with Crippen LogP contribution in [0.1, 0.15) is 13.8 Å². The quantitative estimate of drug-likeness (QED) is 0.658. The van der Waals surface area contributed by atoms with E-state index in [-0.39, 0.29) is 4.90 Å². The summed E-state index contributed by atoms with van der Waals surface area (Å²) < 4.78 is 26.3. The highest BCUT2D eigenvalue weighted by Crippen LogP contribution is 2.25. The summed E-state index contributed by atoms with van der Waals surface area (Å²) in [6.07, 6.45) is -0.529. The fraction of sp³-hybridized carbons (Fsp3) is 0.500. The molecule has 4 N–H and O–H groups in total. The molecule has 0 fully saturated rings. The number of nitrogens with one attached hydrogen (secondary N) is 1. The van der Waals surface area contributed by atoms with Gasteiger partial charge in [-0.3, -0.25) is 0 Å². The predicted molar refractivity (Wildman–Crippen MR) is 76.7 cm³/mol. The molecule has 0 saturated carbocycles. The first kappa shape index (κ1) is 15.7. The molecule has 6 nitrogen and oxygen atoms in total. The molecule has 0 spiro atoms. The van der Waals surface area contributed by atoms with Gasteiger partial charge in [-0.25, -0.2) is 13.1 Å². The van der Waals surface area contributed by atoms with Crippen LogP contribution in [0.5, 0.6) is 0 Å². The number of sulfonamides is 1. The first-order valence-electron chi connectivity index (χ1n) is 6.06. The Labute approximate surface area is 114 Å². The van der Waals surface area contributed by atoms with Gasteiger partial charge < -0.3 is 15.7 Å². The van der Waals surface area contributed by atoms with Crippen molar-refractivity contribution in [3.8, 4) is 0 Å². The van der Waals surface area contributed by atoms with Crippen LogP contribution in [0.4, 0.5) is 11.4 Å². The van der Waals surface area contributed by atoms with Gasteiger partial charge in [0, 0.05) is 20.1 Å². The molecule has 1 rings (SSSR count). The Kier molecular flexibility index (Phi) is 5.16. The van der Waals surface area contributed by atoms with Crippen molar-refractivity contribution in [3.05, 3.63) is 18.2 Å². The molecule has 0 aliphatic rings. The molecule has 19 heavy (non-hydrogen) atoms. The molecule has 0 heterocycles. The standard InChI is InChI=1S/C12H21N3O3S/c1-4-14-19(17,18)10-5-6-11(13)12(7-10)15(3)8-9(2)16/h5-7,9,14,16H,4,8,13H2,1-3H3. The van der Waals surface area contributed by atoms with E-state index in [1.165, 1.54) is 12.1 Å². The Hall–Kier alpha value is -1.31. The topological polar surface area (TPSA) is 95.7 Å². The Bertz CT molecular complexity index is 529. The molecule has 0 radical (unpaired) electrons. The molecule has 108 valence electrons. The van der Waals surface area contributed by atoms with Crippen LogP contribution in [0.15, 0.2) is 23.1 Å². The Morgan fingerprint density at radius 2 is 2.11 bits per heavy atom. The van der Waals surface area contributed by atoms with Crippen molar-refractivity contribution >= 4 is 21.4 Å². The first-order valence-corrected chi connectivity index (χ1v) is 7.54. The maximum absolute atomic E-state index is 11.9. The maximum atomic E-state index is 11.9. The Morgan fingerprint density at radius 1 is 1.47 bits per heavy atom. The number of likely N-dealkylation sites (N-methyl/N-ethyl adjacent to an activating group) is 1. The summed E-state index contributed by atoms with van der Waals surface area (Å²) in [6, 6.07) is 4.53. The molecule has 1 unspecified atom stereocenters. The smallest absolute Gasteiger partial charge is 0.240 e. The number of hydrogen-bond acceptors (Lipinski definition) is 5. The van der Waals surface area contributed by atoms with Crippen LogP contribution in [-0.4, -0.2) is 39.8 Å². The number of benzene rings is 1. The number of anilines is 2. The van der Waals surface area contributed by atoms with E-state index in [4.69, 9.17) is 5.73 Å². The largest absolute Gasteiger partial charge is 0.397 e. The number of nitrogen functional groups attached to an aromatic ring is 1. The van der Waals surface area contributed by atoms with Gasteiger partial charge in [-0.05, 0) is 25.1 Å². The lowest BCUT2D eigenvalue weighted by molar-refractivity contribution is 0.201. The highest BCUT2D eigenvalue weighted by atomic mass is 32.2. The third-order valence-corrected chi connectivity index (χ3v) is 4.14. The van der Waals surface area contributed by atoms with Gasteiger partial charge in [-0.1, -0.05) is 6.92 Å². The van der Waals surface area contributed by atoms with Crippen molar-refractivity contribution in [2.75, 3.05) is 30.8 Å². The molecular formula is C12H21N3O3S. The lowest BCUT2D eigenvalue weighted by atomic mass is 10.2.